The van der Waals surface area contributed by atoms with Gasteiger partial charge in [-0.2, -0.15) is 0 Å². The predicted molar refractivity (Wildman–Crippen MR) is 77.2 cm³/mol. The Hall–Kier alpha value is -2.62. The molecule has 0 aliphatic carbocycles. The number of hydrogen-bond donors (Lipinski definition) is 1. The molecule has 0 aliphatic heterocycles. The van der Waals surface area contributed by atoms with Gasteiger partial charge in [0.1, 0.15) is 5.75 Å². The van der Waals surface area contributed by atoms with Crippen LogP contribution in [0.25, 0.3) is 6.08 Å². The van der Waals surface area contributed by atoms with E-state index in [0.29, 0.717) is 17.0 Å². The number of nitrogens with one attached hydrogen (secondary N) is 1. The van der Waals surface area contributed by atoms with E-state index in [2.05, 4.69) is 5.32 Å². The monoisotopic (exact) mass is 271 g/mol. The second kappa shape index (κ2) is 6.52. The molecule has 0 unspecified atom stereocenters. The van der Waals surface area contributed by atoms with Crippen molar-refractivity contribution in [1.29, 1.82) is 0 Å². The van der Waals surface area contributed by atoms with E-state index in [1.54, 1.807) is 55.6 Å². The van der Waals surface area contributed by atoms with Gasteiger partial charge in [0.25, 0.3) is 5.91 Å². The van der Waals surface area contributed by atoms with Gasteiger partial charge in [-0.3, -0.25) is 4.79 Å². The number of carbonyl (C=O) groups is 1. The Morgan fingerprint density at radius 1 is 1.10 bits per heavy atom. The third kappa shape index (κ3) is 3.68. The van der Waals surface area contributed by atoms with E-state index >= 15 is 0 Å². The maximum atomic E-state index is 13.8. The highest BCUT2D eigenvalue weighted by atomic mass is 19.1. The Labute approximate surface area is 116 Å². The third-order valence-electron chi connectivity index (χ3n) is 2.66. The number of amides is 1. The molecule has 102 valence electrons. The summed E-state index contributed by atoms with van der Waals surface area (Å²) in [7, 11) is 1.55. The largest absolute Gasteiger partial charge is 0.497 e. The quantitative estimate of drug-likeness (QED) is 0.862. The molecular formula is C16H14FNO2. The van der Waals surface area contributed by atoms with Crippen molar-refractivity contribution in [1.82, 2.24) is 0 Å². The topological polar surface area (TPSA) is 38.3 Å². The molecule has 0 fully saturated rings. The summed E-state index contributed by atoms with van der Waals surface area (Å²) in [6.07, 6.45) is 1.18. The number of benzene rings is 2. The van der Waals surface area contributed by atoms with Crippen LogP contribution in [-0.2, 0) is 4.79 Å². The average molecular weight is 271 g/mol. The minimum Gasteiger partial charge on any atom is -0.497 e. The zero-order valence-corrected chi connectivity index (χ0v) is 11.0. The summed E-state index contributed by atoms with van der Waals surface area (Å²) in [5, 5.41) is 2.48. The lowest BCUT2D eigenvalue weighted by Gasteiger charge is -2.03. The molecule has 1 amide bonds. The lowest BCUT2D eigenvalue weighted by molar-refractivity contribution is -0.114. The van der Waals surface area contributed by atoms with Gasteiger partial charge in [0.2, 0.25) is 0 Å². The fourth-order valence-corrected chi connectivity index (χ4v) is 1.62. The van der Waals surface area contributed by atoms with Crippen LogP contribution in [0.1, 0.15) is 5.56 Å². The van der Waals surface area contributed by atoms with Crippen LogP contribution in [0.2, 0.25) is 0 Å². The first-order valence-electron chi connectivity index (χ1n) is 6.06. The number of para-hydroxylation sites is 1. The number of methoxy groups -OCH3 is 1. The number of ether oxygens (including phenoxy) is 1. The summed E-state index contributed by atoms with van der Waals surface area (Å²) in [5.74, 6) is -0.942. The molecule has 0 aromatic heterocycles. The summed E-state index contributed by atoms with van der Waals surface area (Å²) >= 11 is 0. The highest BCUT2D eigenvalue weighted by molar-refractivity contribution is 6.04. The predicted octanol–water partition coefficient (Wildman–Crippen LogP) is 3.64. The normalized spacial score (nSPS) is 11.0. The summed E-state index contributed by atoms with van der Waals surface area (Å²) in [6.45, 7) is 0. The van der Waals surface area contributed by atoms with Crippen LogP contribution >= 0.6 is 0 Å². The van der Waals surface area contributed by atoms with Gasteiger partial charge in [-0.25, -0.2) is 4.39 Å². The summed E-state index contributed by atoms with van der Waals surface area (Å²) in [5.41, 5.74) is 1.14. The van der Waals surface area contributed by atoms with Gasteiger partial charge >= 0.3 is 0 Å². The molecule has 0 saturated carbocycles. The second-order valence-corrected chi connectivity index (χ2v) is 4.09. The molecule has 2 aromatic rings. The van der Waals surface area contributed by atoms with Crippen LogP contribution in [0, 0.1) is 0 Å². The number of anilines is 1. The highest BCUT2D eigenvalue weighted by Gasteiger charge is 2.08. The average Bonchev–Trinajstić information content (AvgIpc) is 2.49. The molecule has 2 rings (SSSR count). The van der Waals surface area contributed by atoms with Crippen LogP contribution in [0.4, 0.5) is 10.1 Å². The Bertz CT molecular complexity index is 606. The van der Waals surface area contributed by atoms with Gasteiger partial charge in [-0.15, -0.1) is 0 Å². The Morgan fingerprint density at radius 3 is 2.35 bits per heavy atom. The van der Waals surface area contributed by atoms with Crippen molar-refractivity contribution < 1.29 is 13.9 Å². The smallest absolute Gasteiger partial charge is 0.284 e. The number of carbonyl (C=O) groups excluding carboxylic acids is 1. The van der Waals surface area contributed by atoms with Gasteiger partial charge in [0.05, 0.1) is 7.11 Å². The second-order valence-electron chi connectivity index (χ2n) is 4.09. The first kappa shape index (κ1) is 13.8. The standard InChI is InChI=1S/C16H14FNO2/c1-20-14-9-7-12(8-10-14)11-15(17)16(19)18-13-5-3-2-4-6-13/h2-11H,1H3,(H,18,19)/b15-11-. The maximum Gasteiger partial charge on any atom is 0.284 e. The van der Waals surface area contributed by atoms with E-state index in [1.807, 2.05) is 6.07 Å². The van der Waals surface area contributed by atoms with E-state index in [1.165, 1.54) is 6.08 Å². The zero-order chi connectivity index (χ0) is 14.4. The Kier molecular flexibility index (Phi) is 4.50. The van der Waals surface area contributed by atoms with Crippen molar-refractivity contribution in [3.8, 4) is 5.75 Å². The first-order chi connectivity index (χ1) is 9.69. The van der Waals surface area contributed by atoms with Gasteiger partial charge in [0, 0.05) is 5.69 Å². The van der Waals surface area contributed by atoms with Gasteiger partial charge in [0.15, 0.2) is 5.83 Å². The Balaban J connectivity index is 2.07. The van der Waals surface area contributed by atoms with E-state index in [4.69, 9.17) is 4.74 Å². The number of hydrogen-bond acceptors (Lipinski definition) is 2. The van der Waals surface area contributed by atoms with Crippen molar-refractivity contribution in [2.75, 3.05) is 12.4 Å². The Morgan fingerprint density at radius 2 is 1.75 bits per heavy atom. The highest BCUT2D eigenvalue weighted by Crippen LogP contribution is 2.15. The summed E-state index contributed by atoms with van der Waals surface area (Å²) in [4.78, 5) is 11.7. The van der Waals surface area contributed by atoms with Crippen molar-refractivity contribution in [2.24, 2.45) is 0 Å². The van der Waals surface area contributed by atoms with Crippen molar-refractivity contribution in [3.63, 3.8) is 0 Å². The minimum absolute atomic E-state index is 0.552. The molecule has 0 aliphatic rings. The molecule has 3 nitrogen and oxygen atoms in total. The zero-order valence-electron chi connectivity index (χ0n) is 11.0. The molecule has 0 saturated heterocycles. The van der Waals surface area contributed by atoms with E-state index in [0.717, 1.165) is 0 Å². The fraction of sp³-hybridized carbons (Fsp3) is 0.0625. The molecule has 20 heavy (non-hydrogen) atoms. The first-order valence-corrected chi connectivity index (χ1v) is 6.06. The number of halogens is 1. The van der Waals surface area contributed by atoms with E-state index < -0.39 is 11.7 Å². The van der Waals surface area contributed by atoms with Crippen LogP contribution in [0.5, 0.6) is 5.75 Å². The fourth-order valence-electron chi connectivity index (χ4n) is 1.62. The molecule has 0 spiro atoms. The lowest BCUT2D eigenvalue weighted by atomic mass is 10.2. The molecule has 0 heterocycles. The molecule has 0 radical (unpaired) electrons. The molecule has 0 atom stereocenters. The van der Waals surface area contributed by atoms with Gasteiger partial charge < -0.3 is 10.1 Å². The molecular weight excluding hydrogens is 257 g/mol. The van der Waals surface area contributed by atoms with E-state index in [-0.39, 0.29) is 0 Å². The van der Waals surface area contributed by atoms with E-state index in [9.17, 15) is 9.18 Å². The van der Waals surface area contributed by atoms with Crippen LogP contribution in [0.3, 0.4) is 0 Å². The molecule has 2 aromatic carbocycles. The minimum atomic E-state index is -0.848. The van der Waals surface area contributed by atoms with Crippen LogP contribution < -0.4 is 10.1 Å². The third-order valence-corrected chi connectivity index (χ3v) is 2.66. The van der Waals surface area contributed by atoms with Gasteiger partial charge in [-0.1, -0.05) is 30.3 Å². The van der Waals surface area contributed by atoms with Crippen LogP contribution in [0.15, 0.2) is 60.4 Å². The summed E-state index contributed by atoms with van der Waals surface area (Å²) < 4.78 is 18.8. The maximum absolute atomic E-state index is 13.8. The van der Waals surface area contributed by atoms with Gasteiger partial charge in [-0.05, 0) is 35.9 Å². The summed E-state index contributed by atoms with van der Waals surface area (Å²) in [6, 6.07) is 15.5. The SMILES string of the molecule is COc1ccc(/C=C(\F)C(=O)Nc2ccccc2)cc1. The lowest BCUT2D eigenvalue weighted by Crippen LogP contribution is -2.11. The van der Waals surface area contributed by atoms with Crippen molar-refractivity contribution in [2.45, 2.75) is 0 Å². The van der Waals surface area contributed by atoms with Crippen molar-refractivity contribution >= 4 is 17.7 Å². The number of rotatable bonds is 4. The molecule has 4 heteroatoms. The molecule has 0 bridgehead atoms. The van der Waals surface area contributed by atoms with Crippen molar-refractivity contribution in [3.05, 3.63) is 66.0 Å². The molecule has 1 N–H and O–H groups in total. The van der Waals surface area contributed by atoms with Crippen LogP contribution in [-0.4, -0.2) is 13.0 Å².